The summed E-state index contributed by atoms with van der Waals surface area (Å²) in [5, 5.41) is 0. The summed E-state index contributed by atoms with van der Waals surface area (Å²) in [5.41, 5.74) is 8.12. The van der Waals surface area contributed by atoms with Gasteiger partial charge in [-0.25, -0.2) is 4.79 Å². The molecule has 1 rings (SSSR count). The van der Waals surface area contributed by atoms with E-state index in [1.165, 1.54) is 0 Å². The number of esters is 1. The van der Waals surface area contributed by atoms with Crippen molar-refractivity contribution in [1.82, 2.24) is 0 Å². The first-order chi connectivity index (χ1) is 10.9. The van der Waals surface area contributed by atoms with Gasteiger partial charge in [-0.2, -0.15) is 4.79 Å². The van der Waals surface area contributed by atoms with Crippen molar-refractivity contribution in [1.29, 1.82) is 0 Å². The molecule has 0 unspecified atom stereocenters. The van der Waals surface area contributed by atoms with E-state index >= 15 is 0 Å². The van der Waals surface area contributed by atoms with Gasteiger partial charge < -0.3 is 19.7 Å². The van der Waals surface area contributed by atoms with Crippen molar-refractivity contribution in [3.63, 3.8) is 0 Å². The Bertz CT molecular complexity index is 519. The minimum atomic E-state index is -0.982. The van der Waals surface area contributed by atoms with E-state index in [1.54, 1.807) is 19.1 Å². The van der Waals surface area contributed by atoms with Gasteiger partial charge in [-0.3, -0.25) is 4.79 Å². The van der Waals surface area contributed by atoms with Crippen LogP contribution in [-0.4, -0.2) is 47.4 Å². The predicted octanol–water partition coefficient (Wildman–Crippen LogP) is 1.83. The highest BCUT2D eigenvalue weighted by molar-refractivity contribution is 6.62. The average Bonchev–Trinajstić information content (AvgIpc) is 2.83. The van der Waals surface area contributed by atoms with Gasteiger partial charge in [-0.1, -0.05) is 12.2 Å². The summed E-state index contributed by atoms with van der Waals surface area (Å²) in [7, 11) is 1.10. The summed E-state index contributed by atoms with van der Waals surface area (Å²) in [6.07, 6.45) is 4.52. The highest BCUT2D eigenvalue weighted by atomic mass is 16.8. The van der Waals surface area contributed by atoms with Crippen LogP contribution in [0.4, 0.5) is 0 Å². The van der Waals surface area contributed by atoms with E-state index in [9.17, 15) is 9.59 Å². The number of hydrogen-bond acceptors (Lipinski definition) is 5. The minimum Gasteiger partial charge on any atom is -0.460 e. The van der Waals surface area contributed by atoms with Gasteiger partial charge in [0.05, 0.1) is 19.3 Å². The first-order valence-corrected chi connectivity index (χ1v) is 7.31. The van der Waals surface area contributed by atoms with E-state index in [-0.39, 0.29) is 25.0 Å². The summed E-state index contributed by atoms with van der Waals surface area (Å²) < 4.78 is 16.2. The standard InChI is InChI=1S/C16H22N2O5/c1-5-7-12-13(8-6-2)23-16(3,22-12)10-9-11(19)14(18-17)15(20)21-4/h5-6,12-13H,1-2,7-10H2,3-4H3/t12-,13-/m0/s1. The Morgan fingerprint density at radius 2 is 1.78 bits per heavy atom. The molecule has 0 N–H and O–H groups in total. The SMILES string of the molecule is C=CC[C@@H]1OC(C)(CCC(=O)C(=[N+]=[N-])C(=O)OC)O[C@H]1CC=C. The van der Waals surface area contributed by atoms with Crippen LogP contribution in [0.1, 0.15) is 32.6 Å². The lowest BCUT2D eigenvalue weighted by atomic mass is 10.1. The minimum absolute atomic E-state index is 0.0768. The molecule has 0 saturated carbocycles. The van der Waals surface area contributed by atoms with Crippen LogP contribution in [0, 0.1) is 0 Å². The summed E-state index contributed by atoms with van der Waals surface area (Å²) in [6.45, 7) is 9.12. The number of rotatable bonds is 9. The lowest BCUT2D eigenvalue weighted by Gasteiger charge is -2.22. The van der Waals surface area contributed by atoms with Gasteiger partial charge in [0.2, 0.25) is 0 Å². The molecule has 1 aliphatic heterocycles. The van der Waals surface area contributed by atoms with Gasteiger partial charge in [-0.15, -0.1) is 13.2 Å². The number of ether oxygens (including phenoxy) is 3. The molecule has 23 heavy (non-hydrogen) atoms. The molecule has 0 aromatic heterocycles. The van der Waals surface area contributed by atoms with Gasteiger partial charge in [0, 0.05) is 12.8 Å². The zero-order valence-electron chi connectivity index (χ0n) is 13.5. The van der Waals surface area contributed by atoms with E-state index in [4.69, 9.17) is 15.0 Å². The Hall–Kier alpha value is -2.08. The molecule has 1 heterocycles. The van der Waals surface area contributed by atoms with Crippen LogP contribution in [-0.2, 0) is 23.8 Å². The number of nitrogens with zero attached hydrogens (tertiary/aromatic N) is 2. The Balaban J connectivity index is 2.71. The van der Waals surface area contributed by atoms with Gasteiger partial charge >= 0.3 is 11.7 Å². The van der Waals surface area contributed by atoms with Crippen molar-refractivity contribution < 1.29 is 28.6 Å². The van der Waals surface area contributed by atoms with Crippen LogP contribution in [0.3, 0.4) is 0 Å². The van der Waals surface area contributed by atoms with Crippen LogP contribution in [0.15, 0.2) is 25.3 Å². The molecule has 1 saturated heterocycles. The van der Waals surface area contributed by atoms with E-state index in [0.29, 0.717) is 12.8 Å². The van der Waals surface area contributed by atoms with Crippen LogP contribution < -0.4 is 0 Å². The number of ketones is 1. The third kappa shape index (κ3) is 4.96. The second-order valence-corrected chi connectivity index (χ2v) is 5.36. The number of carbonyl (C=O) groups excluding carboxylic acids is 2. The molecule has 7 nitrogen and oxygen atoms in total. The van der Waals surface area contributed by atoms with E-state index in [0.717, 1.165) is 7.11 Å². The number of carbonyl (C=O) groups is 2. The number of Topliss-reactive ketones (excluding diaryl/α,β-unsaturated/α-hetero) is 1. The van der Waals surface area contributed by atoms with Crippen molar-refractivity contribution in [3.8, 4) is 0 Å². The smallest absolute Gasteiger partial charge is 0.441 e. The van der Waals surface area contributed by atoms with Crippen LogP contribution in [0.2, 0.25) is 0 Å². The summed E-state index contributed by atoms with van der Waals surface area (Å²) >= 11 is 0. The monoisotopic (exact) mass is 322 g/mol. The molecule has 0 bridgehead atoms. The van der Waals surface area contributed by atoms with Crippen molar-refractivity contribution in [2.75, 3.05) is 7.11 Å². The fourth-order valence-electron chi connectivity index (χ4n) is 2.43. The summed E-state index contributed by atoms with van der Waals surface area (Å²) in [4.78, 5) is 26.0. The maximum absolute atomic E-state index is 12.0. The Labute approximate surface area is 135 Å². The molecule has 0 amide bonds. The van der Waals surface area contributed by atoms with Crippen LogP contribution in [0.5, 0.6) is 0 Å². The van der Waals surface area contributed by atoms with Gasteiger partial charge in [0.15, 0.2) is 5.79 Å². The molecule has 0 aliphatic carbocycles. The van der Waals surface area contributed by atoms with E-state index in [2.05, 4.69) is 22.7 Å². The molecule has 0 radical (unpaired) electrons. The van der Waals surface area contributed by atoms with Gasteiger partial charge in [-0.05, 0) is 19.8 Å². The Morgan fingerprint density at radius 1 is 1.26 bits per heavy atom. The molecule has 0 spiro atoms. The Kier molecular flexibility index (Phi) is 7.03. The zero-order chi connectivity index (χ0) is 17.5. The molecule has 0 aromatic rings. The molecular formula is C16H22N2O5. The zero-order valence-corrected chi connectivity index (χ0v) is 13.5. The fraction of sp³-hybridized carbons (Fsp3) is 0.562. The predicted molar refractivity (Wildman–Crippen MR) is 82.7 cm³/mol. The molecule has 1 fully saturated rings. The van der Waals surface area contributed by atoms with Gasteiger partial charge in [0.25, 0.3) is 5.78 Å². The lowest BCUT2D eigenvalue weighted by molar-refractivity contribution is -0.167. The first-order valence-electron chi connectivity index (χ1n) is 7.31. The van der Waals surface area contributed by atoms with Crippen molar-refractivity contribution in [2.45, 2.75) is 50.6 Å². The summed E-state index contributed by atoms with van der Waals surface area (Å²) in [5.74, 6) is -2.58. The molecular weight excluding hydrogens is 300 g/mol. The Morgan fingerprint density at radius 3 is 2.17 bits per heavy atom. The molecule has 0 aromatic carbocycles. The average molecular weight is 322 g/mol. The highest BCUT2D eigenvalue weighted by Crippen LogP contribution is 2.35. The van der Waals surface area contributed by atoms with Gasteiger partial charge in [0.1, 0.15) is 0 Å². The topological polar surface area (TPSA) is 98.2 Å². The molecule has 1 aliphatic rings. The summed E-state index contributed by atoms with van der Waals surface area (Å²) in [6, 6.07) is 0. The number of methoxy groups -OCH3 is 1. The molecule has 2 atom stereocenters. The molecule has 7 heteroatoms. The first kappa shape index (κ1) is 19.0. The maximum Gasteiger partial charge on any atom is 0.441 e. The normalized spacial score (nSPS) is 22.0. The van der Waals surface area contributed by atoms with Crippen LogP contribution in [0.25, 0.3) is 5.53 Å². The second kappa shape index (κ2) is 8.53. The fourth-order valence-corrected chi connectivity index (χ4v) is 2.43. The van der Waals surface area contributed by atoms with E-state index in [1.807, 2.05) is 0 Å². The second-order valence-electron chi connectivity index (χ2n) is 5.36. The maximum atomic E-state index is 12.0. The van der Waals surface area contributed by atoms with Crippen molar-refractivity contribution >= 4 is 17.5 Å². The lowest BCUT2D eigenvalue weighted by Crippen LogP contribution is -2.31. The molecule has 126 valence electrons. The third-order valence-corrected chi connectivity index (χ3v) is 3.56. The van der Waals surface area contributed by atoms with E-state index < -0.39 is 23.3 Å². The largest absolute Gasteiger partial charge is 0.460 e. The van der Waals surface area contributed by atoms with Crippen LogP contribution >= 0.6 is 0 Å². The quantitative estimate of drug-likeness (QED) is 0.161. The third-order valence-electron chi connectivity index (χ3n) is 3.56. The van der Waals surface area contributed by atoms with Crippen molar-refractivity contribution in [2.24, 2.45) is 0 Å². The highest BCUT2D eigenvalue weighted by Gasteiger charge is 2.44. The van der Waals surface area contributed by atoms with Crippen molar-refractivity contribution in [3.05, 3.63) is 30.8 Å². The number of hydrogen-bond donors (Lipinski definition) is 0.